The molecule has 0 unspecified atom stereocenters. The fourth-order valence-electron chi connectivity index (χ4n) is 9.03. The summed E-state index contributed by atoms with van der Waals surface area (Å²) in [5.74, 6) is 0.711. The maximum Gasteiger partial charge on any atom is 0.161 e. The van der Waals surface area contributed by atoms with Crippen LogP contribution in [-0.2, 0) is 0 Å². The smallest absolute Gasteiger partial charge is 0.161 e. The Hall–Kier alpha value is -6.81. The highest BCUT2D eigenvalue weighted by atomic mass is 35.5. The van der Waals surface area contributed by atoms with E-state index >= 15 is 0 Å². The third kappa shape index (κ3) is 4.13. The third-order valence-electron chi connectivity index (χ3n) is 11.4. The van der Waals surface area contributed by atoms with Gasteiger partial charge in [-0.1, -0.05) is 133 Å². The fraction of sp³-hybridized carbons (Fsp3) is 0. The molecule has 0 N–H and O–H groups in total. The predicted molar refractivity (Wildman–Crippen MR) is 227 cm³/mol. The van der Waals surface area contributed by atoms with Gasteiger partial charge >= 0.3 is 0 Å². The Labute approximate surface area is 315 Å². The molecule has 1 aliphatic carbocycles. The van der Waals surface area contributed by atoms with Crippen LogP contribution in [0, 0.1) is 0 Å². The first-order valence-corrected chi connectivity index (χ1v) is 18.6. The monoisotopic (exact) mass is 705 g/mol. The van der Waals surface area contributed by atoms with E-state index in [1.54, 1.807) is 0 Å². The quantitative estimate of drug-likeness (QED) is 0.183. The highest BCUT2D eigenvalue weighted by molar-refractivity contribution is 6.31. The van der Waals surface area contributed by atoms with Crippen LogP contribution in [0.3, 0.4) is 0 Å². The van der Waals surface area contributed by atoms with Gasteiger partial charge in [-0.25, -0.2) is 9.97 Å². The molecule has 11 aromatic rings. The van der Waals surface area contributed by atoms with E-state index in [4.69, 9.17) is 21.6 Å². The minimum atomic E-state index is 0.711. The first kappa shape index (κ1) is 29.7. The van der Waals surface area contributed by atoms with Gasteiger partial charge in [0.25, 0.3) is 0 Å². The van der Waals surface area contributed by atoms with Crippen LogP contribution in [0.25, 0.3) is 116 Å². The van der Waals surface area contributed by atoms with Crippen LogP contribution in [0.2, 0.25) is 5.02 Å². The summed E-state index contributed by atoms with van der Waals surface area (Å²) in [6.45, 7) is 0. The van der Waals surface area contributed by atoms with Crippen LogP contribution < -0.4 is 0 Å². The Bertz CT molecular complexity index is 3380. The molecule has 3 nitrogen and oxygen atoms in total. The number of hydrogen-bond donors (Lipinski definition) is 0. The molecular formula is C50H28ClN3. The van der Waals surface area contributed by atoms with Crippen molar-refractivity contribution in [1.29, 1.82) is 0 Å². The van der Waals surface area contributed by atoms with Gasteiger partial charge in [0.15, 0.2) is 5.82 Å². The summed E-state index contributed by atoms with van der Waals surface area (Å²) in [5.41, 5.74) is 12.5. The summed E-state index contributed by atoms with van der Waals surface area (Å²) in [6, 6.07) is 60.8. The number of aromatic nitrogens is 3. The number of nitrogens with zero attached hydrogens (tertiary/aromatic N) is 3. The number of rotatable bonds is 3. The second kappa shape index (κ2) is 11.1. The molecule has 250 valence electrons. The van der Waals surface area contributed by atoms with Gasteiger partial charge in [0.2, 0.25) is 0 Å². The van der Waals surface area contributed by atoms with Gasteiger partial charge in [0.1, 0.15) is 0 Å². The van der Waals surface area contributed by atoms with Crippen LogP contribution in [0.15, 0.2) is 170 Å². The van der Waals surface area contributed by atoms with E-state index in [1.807, 2.05) is 12.1 Å². The molecule has 12 rings (SSSR count). The van der Waals surface area contributed by atoms with E-state index in [0.29, 0.717) is 5.82 Å². The number of para-hydroxylation sites is 2. The molecule has 54 heavy (non-hydrogen) atoms. The molecule has 2 heterocycles. The Morgan fingerprint density at radius 1 is 0.389 bits per heavy atom. The van der Waals surface area contributed by atoms with Gasteiger partial charge in [0, 0.05) is 37.7 Å². The van der Waals surface area contributed by atoms with Crippen molar-refractivity contribution < 1.29 is 0 Å². The van der Waals surface area contributed by atoms with E-state index in [-0.39, 0.29) is 0 Å². The first-order chi connectivity index (χ1) is 26.7. The van der Waals surface area contributed by atoms with Gasteiger partial charge < -0.3 is 4.57 Å². The summed E-state index contributed by atoms with van der Waals surface area (Å²) >= 11 is 6.44. The van der Waals surface area contributed by atoms with E-state index in [9.17, 15) is 0 Å². The third-order valence-corrected chi connectivity index (χ3v) is 11.6. The molecule has 0 aliphatic heterocycles. The number of fused-ring (bicyclic) bond motifs is 9. The van der Waals surface area contributed by atoms with Crippen LogP contribution in [0.1, 0.15) is 0 Å². The Morgan fingerprint density at radius 3 is 1.93 bits per heavy atom. The van der Waals surface area contributed by atoms with Gasteiger partial charge in [-0.2, -0.15) is 0 Å². The lowest BCUT2D eigenvalue weighted by molar-refractivity contribution is 1.19. The normalized spacial score (nSPS) is 12.2. The van der Waals surface area contributed by atoms with E-state index in [1.165, 1.54) is 43.8 Å². The molecule has 0 atom stereocenters. The van der Waals surface area contributed by atoms with E-state index < -0.39 is 0 Å². The largest absolute Gasteiger partial charge is 0.309 e. The fourth-order valence-corrected chi connectivity index (χ4v) is 9.21. The average molecular weight is 706 g/mol. The van der Waals surface area contributed by atoms with Crippen molar-refractivity contribution in [1.82, 2.24) is 14.5 Å². The zero-order valence-electron chi connectivity index (χ0n) is 28.9. The van der Waals surface area contributed by atoms with Gasteiger partial charge in [-0.05, 0) is 97.7 Å². The summed E-state index contributed by atoms with van der Waals surface area (Å²) in [5, 5.41) is 11.2. The van der Waals surface area contributed by atoms with Crippen molar-refractivity contribution in [3.63, 3.8) is 0 Å². The topological polar surface area (TPSA) is 30.7 Å². The van der Waals surface area contributed by atoms with Crippen molar-refractivity contribution in [3.8, 4) is 50.6 Å². The van der Waals surface area contributed by atoms with Crippen molar-refractivity contribution in [3.05, 3.63) is 175 Å². The Balaban J connectivity index is 1.10. The second-order valence-electron chi connectivity index (χ2n) is 14.2. The SMILES string of the molecule is Clc1ccc2cc3c(cc2c1)c1ccccc1n3-c1ccc(-c2nc(-c3ccc4c5c(cccc35)-c3ccccc3-4)c3ccccc3n2)c2ccccc12. The summed E-state index contributed by atoms with van der Waals surface area (Å²) in [6.07, 6.45) is 0. The van der Waals surface area contributed by atoms with Crippen LogP contribution in [-0.4, -0.2) is 14.5 Å². The summed E-state index contributed by atoms with van der Waals surface area (Å²) in [7, 11) is 0. The molecule has 2 aromatic heterocycles. The molecule has 0 radical (unpaired) electrons. The highest BCUT2D eigenvalue weighted by Crippen LogP contribution is 2.50. The molecule has 0 bridgehead atoms. The molecule has 4 heteroatoms. The molecule has 0 fully saturated rings. The molecule has 0 saturated heterocycles. The second-order valence-corrected chi connectivity index (χ2v) is 14.7. The predicted octanol–water partition coefficient (Wildman–Crippen LogP) is 13.8. The molecule has 1 aliphatic rings. The Kier molecular flexibility index (Phi) is 6.11. The average Bonchev–Trinajstić information content (AvgIpc) is 3.72. The lowest BCUT2D eigenvalue weighted by atomic mass is 9.95. The minimum Gasteiger partial charge on any atom is -0.309 e. The molecule has 0 spiro atoms. The van der Waals surface area contributed by atoms with Gasteiger partial charge in [-0.3, -0.25) is 0 Å². The van der Waals surface area contributed by atoms with Crippen molar-refractivity contribution >= 4 is 76.6 Å². The van der Waals surface area contributed by atoms with E-state index in [2.05, 4.69) is 162 Å². The Morgan fingerprint density at radius 2 is 1.06 bits per heavy atom. The van der Waals surface area contributed by atoms with E-state index in [0.717, 1.165) is 71.0 Å². The molecule has 0 amide bonds. The first-order valence-electron chi connectivity index (χ1n) is 18.3. The number of hydrogen-bond acceptors (Lipinski definition) is 2. The molecular weight excluding hydrogens is 678 g/mol. The molecule has 0 saturated carbocycles. The van der Waals surface area contributed by atoms with Crippen LogP contribution in [0.5, 0.6) is 0 Å². The number of halogens is 1. The lowest BCUT2D eigenvalue weighted by Gasteiger charge is -2.16. The highest BCUT2D eigenvalue weighted by Gasteiger charge is 2.24. The van der Waals surface area contributed by atoms with Gasteiger partial charge in [0.05, 0.1) is 27.9 Å². The zero-order chi connectivity index (χ0) is 35.5. The van der Waals surface area contributed by atoms with Crippen molar-refractivity contribution in [2.24, 2.45) is 0 Å². The molecule has 9 aromatic carbocycles. The van der Waals surface area contributed by atoms with Crippen molar-refractivity contribution in [2.45, 2.75) is 0 Å². The standard InChI is InChI=1S/C50H28ClN3/c51-31-21-20-29-28-47-43(27-30(29)26-31)36-14-6-8-19-45(36)54(47)46-25-24-41(34-12-3-4-13-35(34)46)50-52-44-18-7-5-15-42(44)49(53-50)40-23-22-39-33-11-2-1-10-32(33)37-16-9-17-38(40)48(37)39/h1-28H. The maximum atomic E-state index is 6.44. The number of benzene rings is 9. The van der Waals surface area contributed by atoms with Crippen LogP contribution >= 0.6 is 11.6 Å². The summed E-state index contributed by atoms with van der Waals surface area (Å²) < 4.78 is 2.41. The summed E-state index contributed by atoms with van der Waals surface area (Å²) in [4.78, 5) is 10.7. The lowest BCUT2D eigenvalue weighted by Crippen LogP contribution is -1.99. The van der Waals surface area contributed by atoms with Crippen LogP contribution in [0.4, 0.5) is 0 Å². The minimum absolute atomic E-state index is 0.711. The van der Waals surface area contributed by atoms with Crippen molar-refractivity contribution in [2.75, 3.05) is 0 Å². The zero-order valence-corrected chi connectivity index (χ0v) is 29.6. The van der Waals surface area contributed by atoms with Gasteiger partial charge in [-0.15, -0.1) is 0 Å². The maximum absolute atomic E-state index is 6.44.